The molecule has 2 amide bonds. The molecule has 2 aromatic rings. The second kappa shape index (κ2) is 11.0. The Morgan fingerprint density at radius 2 is 1.97 bits per heavy atom. The zero-order valence-electron chi connectivity index (χ0n) is 20.2. The summed E-state index contributed by atoms with van der Waals surface area (Å²) in [6, 6.07) is 6.24. The zero-order chi connectivity index (χ0) is 24.2. The second-order valence-electron chi connectivity index (χ2n) is 9.24. The van der Waals surface area contributed by atoms with Gasteiger partial charge < -0.3 is 24.8 Å². The molecule has 0 radical (unpaired) electrons. The Morgan fingerprint density at radius 3 is 2.83 bits per heavy atom. The number of anilines is 1. The number of carbonyl (C=O) groups excluding carboxylic acids is 2. The number of likely N-dealkylation sites (tertiary alicyclic amines) is 1. The van der Waals surface area contributed by atoms with Gasteiger partial charge in [-0.1, -0.05) is 6.07 Å². The number of thiophene rings is 1. The van der Waals surface area contributed by atoms with E-state index in [4.69, 9.17) is 14.2 Å². The van der Waals surface area contributed by atoms with Crippen molar-refractivity contribution in [2.45, 2.75) is 44.6 Å². The van der Waals surface area contributed by atoms with Gasteiger partial charge in [0.2, 0.25) is 5.91 Å². The average Bonchev–Trinajstić information content (AvgIpc) is 3.47. The summed E-state index contributed by atoms with van der Waals surface area (Å²) in [7, 11) is 1.61. The van der Waals surface area contributed by atoms with Gasteiger partial charge in [0.25, 0.3) is 5.91 Å². The molecule has 9 heteroatoms. The molecule has 3 aliphatic rings. The number of amides is 2. The summed E-state index contributed by atoms with van der Waals surface area (Å²) < 4.78 is 16.5. The summed E-state index contributed by atoms with van der Waals surface area (Å²) in [5.41, 5.74) is 2.88. The predicted octanol–water partition coefficient (Wildman–Crippen LogP) is 3.55. The van der Waals surface area contributed by atoms with Gasteiger partial charge in [0, 0.05) is 24.6 Å². The van der Waals surface area contributed by atoms with Gasteiger partial charge in [0.05, 0.1) is 18.7 Å². The molecule has 0 unspecified atom stereocenters. The SMILES string of the molecule is COCCNC(=O)c1c(NC(=O)CN2CCC[C@@H]2c2ccc3c(c2)OCCO3)sc2c1CCCC2. The van der Waals surface area contributed by atoms with E-state index < -0.39 is 0 Å². The van der Waals surface area contributed by atoms with Gasteiger partial charge in [-0.3, -0.25) is 14.5 Å². The first-order valence-corrected chi connectivity index (χ1v) is 13.3. The average molecular weight is 500 g/mol. The van der Waals surface area contributed by atoms with Crippen molar-refractivity contribution in [2.75, 3.05) is 51.9 Å². The molecule has 188 valence electrons. The van der Waals surface area contributed by atoms with E-state index in [1.54, 1.807) is 18.4 Å². The van der Waals surface area contributed by atoms with Gasteiger partial charge in [-0.25, -0.2) is 0 Å². The monoisotopic (exact) mass is 499 g/mol. The summed E-state index contributed by atoms with van der Waals surface area (Å²) >= 11 is 1.56. The molecule has 2 N–H and O–H groups in total. The number of hydrogen-bond acceptors (Lipinski definition) is 7. The highest BCUT2D eigenvalue weighted by molar-refractivity contribution is 7.17. The Morgan fingerprint density at radius 1 is 1.14 bits per heavy atom. The molecule has 1 fully saturated rings. The molecule has 0 bridgehead atoms. The molecule has 1 atom stereocenters. The van der Waals surface area contributed by atoms with E-state index in [9.17, 15) is 9.59 Å². The smallest absolute Gasteiger partial charge is 0.254 e. The number of benzene rings is 1. The summed E-state index contributed by atoms with van der Waals surface area (Å²) in [4.78, 5) is 29.6. The van der Waals surface area contributed by atoms with Crippen LogP contribution >= 0.6 is 11.3 Å². The van der Waals surface area contributed by atoms with Gasteiger partial charge in [0.15, 0.2) is 11.5 Å². The van der Waals surface area contributed by atoms with Gasteiger partial charge in [-0.2, -0.15) is 0 Å². The van der Waals surface area contributed by atoms with Gasteiger partial charge in [0.1, 0.15) is 18.2 Å². The van der Waals surface area contributed by atoms with Crippen molar-refractivity contribution >= 4 is 28.2 Å². The van der Waals surface area contributed by atoms with Crippen molar-refractivity contribution in [2.24, 2.45) is 0 Å². The molecule has 0 spiro atoms. The molecule has 1 saturated heterocycles. The maximum atomic E-state index is 13.2. The van der Waals surface area contributed by atoms with Crippen molar-refractivity contribution < 1.29 is 23.8 Å². The molecular formula is C26H33N3O5S. The zero-order valence-corrected chi connectivity index (χ0v) is 21.0. The molecule has 5 rings (SSSR count). The van der Waals surface area contributed by atoms with Crippen LogP contribution in [0.4, 0.5) is 5.00 Å². The molecule has 1 aliphatic carbocycles. The van der Waals surface area contributed by atoms with Crippen LogP contribution < -0.4 is 20.1 Å². The molecule has 8 nitrogen and oxygen atoms in total. The minimum absolute atomic E-state index is 0.0843. The first kappa shape index (κ1) is 24.1. The van der Waals surface area contributed by atoms with Crippen LogP contribution in [-0.4, -0.2) is 63.3 Å². The standard InChI is InChI=1S/C26H33N3O5S/c1-32-12-10-27-25(31)24-18-5-2-3-7-22(18)35-26(24)28-23(30)16-29-11-4-6-19(29)17-8-9-20-21(15-17)34-14-13-33-20/h8-9,15,19H,2-7,10-14,16H2,1H3,(H,27,31)(H,28,30)/t19-/m1/s1. The van der Waals surface area contributed by atoms with Gasteiger partial charge in [-0.05, 0) is 68.3 Å². The van der Waals surface area contributed by atoms with E-state index in [0.717, 1.165) is 67.7 Å². The highest BCUT2D eigenvalue weighted by Crippen LogP contribution is 2.40. The molecular weight excluding hydrogens is 466 g/mol. The molecule has 1 aromatic heterocycles. The number of aryl methyl sites for hydroxylation is 1. The highest BCUT2D eigenvalue weighted by atomic mass is 32.1. The molecule has 1 aromatic carbocycles. The van der Waals surface area contributed by atoms with Crippen molar-refractivity contribution in [3.8, 4) is 11.5 Å². The van der Waals surface area contributed by atoms with E-state index in [1.807, 2.05) is 12.1 Å². The Hall–Kier alpha value is -2.62. The van der Waals surface area contributed by atoms with Crippen LogP contribution in [0.5, 0.6) is 11.5 Å². The Balaban J connectivity index is 1.29. The number of ether oxygens (including phenoxy) is 3. The van der Waals surface area contributed by atoms with Gasteiger partial charge >= 0.3 is 0 Å². The van der Waals surface area contributed by atoms with Crippen LogP contribution in [0.25, 0.3) is 0 Å². The van der Waals surface area contributed by atoms with Crippen molar-refractivity contribution in [3.63, 3.8) is 0 Å². The number of carbonyl (C=O) groups is 2. The maximum absolute atomic E-state index is 13.2. The third kappa shape index (κ3) is 5.32. The summed E-state index contributed by atoms with van der Waals surface area (Å²) in [5, 5.41) is 6.70. The van der Waals surface area contributed by atoms with Crippen LogP contribution in [0.2, 0.25) is 0 Å². The third-order valence-electron chi connectivity index (χ3n) is 6.90. The van der Waals surface area contributed by atoms with E-state index in [0.29, 0.717) is 36.9 Å². The number of rotatable bonds is 8. The topological polar surface area (TPSA) is 89.1 Å². The maximum Gasteiger partial charge on any atom is 0.254 e. The van der Waals surface area contributed by atoms with E-state index in [2.05, 4.69) is 21.6 Å². The number of nitrogens with zero attached hydrogens (tertiary/aromatic N) is 1. The number of methoxy groups -OCH3 is 1. The summed E-state index contributed by atoms with van der Waals surface area (Å²) in [6.45, 7) is 3.17. The minimum atomic E-state index is -0.132. The van der Waals surface area contributed by atoms with Crippen LogP contribution in [0.15, 0.2) is 18.2 Å². The Kier molecular flexibility index (Phi) is 7.55. The molecule has 3 heterocycles. The van der Waals surface area contributed by atoms with E-state index >= 15 is 0 Å². The molecule has 0 saturated carbocycles. The minimum Gasteiger partial charge on any atom is -0.486 e. The predicted molar refractivity (Wildman–Crippen MR) is 135 cm³/mol. The quantitative estimate of drug-likeness (QED) is 0.540. The lowest BCUT2D eigenvalue weighted by Crippen LogP contribution is -2.33. The number of fused-ring (bicyclic) bond motifs is 2. The highest BCUT2D eigenvalue weighted by Gasteiger charge is 2.30. The largest absolute Gasteiger partial charge is 0.486 e. The van der Waals surface area contributed by atoms with Crippen LogP contribution in [0.1, 0.15) is 58.1 Å². The Bertz CT molecular complexity index is 1090. The van der Waals surface area contributed by atoms with Crippen molar-refractivity contribution in [3.05, 3.63) is 39.8 Å². The fraction of sp³-hybridized carbons (Fsp3) is 0.538. The fourth-order valence-electron chi connectivity index (χ4n) is 5.26. The lowest BCUT2D eigenvalue weighted by Gasteiger charge is -2.26. The van der Waals surface area contributed by atoms with Crippen LogP contribution in [0.3, 0.4) is 0 Å². The van der Waals surface area contributed by atoms with E-state index in [1.165, 1.54) is 4.88 Å². The van der Waals surface area contributed by atoms with Crippen molar-refractivity contribution in [1.82, 2.24) is 10.2 Å². The lowest BCUT2D eigenvalue weighted by atomic mass is 9.95. The second-order valence-corrected chi connectivity index (χ2v) is 10.3. The summed E-state index contributed by atoms with van der Waals surface area (Å²) in [6.07, 6.45) is 6.07. The summed E-state index contributed by atoms with van der Waals surface area (Å²) in [5.74, 6) is 1.34. The first-order chi connectivity index (χ1) is 17.1. The van der Waals surface area contributed by atoms with Crippen LogP contribution in [-0.2, 0) is 22.4 Å². The number of hydrogen-bond donors (Lipinski definition) is 2. The first-order valence-electron chi connectivity index (χ1n) is 12.5. The molecule has 35 heavy (non-hydrogen) atoms. The van der Waals surface area contributed by atoms with Crippen LogP contribution in [0, 0.1) is 0 Å². The van der Waals surface area contributed by atoms with Crippen molar-refractivity contribution in [1.29, 1.82) is 0 Å². The number of nitrogens with one attached hydrogen (secondary N) is 2. The fourth-order valence-corrected chi connectivity index (χ4v) is 6.56. The lowest BCUT2D eigenvalue weighted by molar-refractivity contribution is -0.117. The van der Waals surface area contributed by atoms with Gasteiger partial charge in [-0.15, -0.1) is 11.3 Å². The Labute approximate surface area is 209 Å². The molecule has 2 aliphatic heterocycles. The van der Waals surface area contributed by atoms with E-state index in [-0.39, 0.29) is 24.4 Å². The third-order valence-corrected chi connectivity index (χ3v) is 8.11. The normalized spacial score (nSPS) is 19.3.